The number of carboxylic acid groups (broad SMARTS) is 1. The number of rotatable bonds is 65. The van der Waals surface area contributed by atoms with Crippen molar-refractivity contribution in [3.63, 3.8) is 0 Å². The number of allylic oxidation sites excluding steroid dienone is 10. The van der Waals surface area contributed by atoms with Crippen molar-refractivity contribution in [3.05, 3.63) is 60.8 Å². The van der Waals surface area contributed by atoms with Crippen LogP contribution in [0.2, 0.25) is 0 Å². The third kappa shape index (κ3) is 64.5. The molecule has 0 radical (unpaired) electrons. The standard InChI is InChI=1S/C73H133NO8/c1-6-8-10-12-14-16-18-20-22-24-26-28-29-30-31-32-33-34-35-36-37-38-39-40-41-42-44-45-47-49-51-53-55-57-59-61-63-70(75)80-67-69(68-81-73(72(77)78)79-66-65-74(3,4)5)82-71(76)64-62-60-58-56-54-52-50-48-46-43-27-25-23-21-19-17-15-13-11-9-7-2/h9,11,15,17,21,23,27,43,48,50,69,73H,6-8,10,12-14,16,18-20,22,24-26,28-42,44-47,49,51-68H2,1-5H3/b11-9-,17-15-,23-21-,43-27-,50-48-. The van der Waals surface area contributed by atoms with Crippen molar-refractivity contribution in [1.82, 2.24) is 0 Å². The summed E-state index contributed by atoms with van der Waals surface area (Å²) in [6, 6.07) is 0. The molecular weight excluding hydrogens is 1020 g/mol. The van der Waals surface area contributed by atoms with Crippen LogP contribution in [-0.4, -0.2) is 82.3 Å². The van der Waals surface area contributed by atoms with Gasteiger partial charge in [-0.15, -0.1) is 0 Å². The smallest absolute Gasteiger partial charge is 0.306 e. The van der Waals surface area contributed by atoms with Gasteiger partial charge in [0, 0.05) is 12.8 Å². The van der Waals surface area contributed by atoms with E-state index in [0.717, 1.165) is 83.5 Å². The van der Waals surface area contributed by atoms with Gasteiger partial charge >= 0.3 is 11.9 Å². The van der Waals surface area contributed by atoms with Crippen molar-refractivity contribution in [1.29, 1.82) is 0 Å². The monoisotopic (exact) mass is 1150 g/mol. The Balaban J connectivity index is 4.02. The number of likely N-dealkylation sites (N-methyl/N-ethyl adjacent to an activating group) is 1. The highest BCUT2D eigenvalue weighted by Crippen LogP contribution is 2.19. The van der Waals surface area contributed by atoms with Crippen LogP contribution in [0.15, 0.2) is 60.8 Å². The molecule has 9 heteroatoms. The second-order valence-corrected chi connectivity index (χ2v) is 24.8. The normalized spacial score (nSPS) is 13.0. The van der Waals surface area contributed by atoms with Gasteiger partial charge in [0.15, 0.2) is 12.4 Å². The van der Waals surface area contributed by atoms with Crippen LogP contribution in [0.5, 0.6) is 0 Å². The molecule has 0 aromatic carbocycles. The fourth-order valence-corrected chi connectivity index (χ4v) is 10.2. The first-order valence-electron chi connectivity index (χ1n) is 34.9. The number of aliphatic carboxylic acids is 1. The van der Waals surface area contributed by atoms with Crippen LogP contribution in [0.4, 0.5) is 0 Å². The molecular formula is C73H133NO8. The Hall–Kier alpha value is -3.01. The lowest BCUT2D eigenvalue weighted by Crippen LogP contribution is -2.44. The van der Waals surface area contributed by atoms with Gasteiger partial charge in [-0.25, -0.2) is 0 Å². The average Bonchev–Trinajstić information content (AvgIpc) is 3.47. The summed E-state index contributed by atoms with van der Waals surface area (Å²) in [6.07, 6.45) is 80.4. The molecule has 0 aromatic heterocycles. The van der Waals surface area contributed by atoms with Gasteiger partial charge < -0.3 is 33.3 Å². The molecule has 0 bridgehead atoms. The van der Waals surface area contributed by atoms with E-state index in [-0.39, 0.29) is 38.6 Å². The number of hydrogen-bond donors (Lipinski definition) is 0. The Kier molecular flexibility index (Phi) is 61.6. The molecule has 2 atom stereocenters. The molecule has 0 amide bonds. The van der Waals surface area contributed by atoms with Gasteiger partial charge in [-0.2, -0.15) is 0 Å². The fourth-order valence-electron chi connectivity index (χ4n) is 10.2. The predicted octanol–water partition coefficient (Wildman–Crippen LogP) is 20.2. The largest absolute Gasteiger partial charge is 0.545 e. The first kappa shape index (κ1) is 79.0. The van der Waals surface area contributed by atoms with Gasteiger partial charge in [0.2, 0.25) is 0 Å². The van der Waals surface area contributed by atoms with Gasteiger partial charge in [-0.1, -0.05) is 319 Å². The number of ether oxygens (including phenoxy) is 4. The number of nitrogens with zero attached hydrogens (tertiary/aromatic N) is 1. The highest BCUT2D eigenvalue weighted by Gasteiger charge is 2.22. The van der Waals surface area contributed by atoms with Gasteiger partial charge in [0.05, 0.1) is 40.3 Å². The zero-order chi connectivity index (χ0) is 59.8. The van der Waals surface area contributed by atoms with Gasteiger partial charge in [0.25, 0.3) is 0 Å². The SMILES string of the molecule is CC/C=C\C/C=C\C/C=C\C/C=C\C/C=C\CCCCCCCC(=O)OC(COC(=O)CCCCCCCCCCCCCCCCCCCCCCCCCCCCCCCCCCCCCC)COC(OCC[N+](C)(C)C)C(=O)[O-]. The van der Waals surface area contributed by atoms with E-state index in [1.54, 1.807) is 0 Å². The van der Waals surface area contributed by atoms with Crippen LogP contribution in [0, 0.1) is 0 Å². The first-order valence-corrected chi connectivity index (χ1v) is 34.9. The summed E-state index contributed by atoms with van der Waals surface area (Å²) < 4.78 is 22.8. The minimum absolute atomic E-state index is 0.143. The van der Waals surface area contributed by atoms with Crippen molar-refractivity contribution >= 4 is 17.9 Å². The van der Waals surface area contributed by atoms with E-state index in [4.69, 9.17) is 18.9 Å². The molecule has 0 rings (SSSR count). The van der Waals surface area contributed by atoms with Crippen molar-refractivity contribution in [2.45, 2.75) is 341 Å². The summed E-state index contributed by atoms with van der Waals surface area (Å²) in [5, 5.41) is 11.8. The molecule has 0 aliphatic heterocycles. The van der Waals surface area contributed by atoms with Crippen LogP contribution in [0.1, 0.15) is 328 Å². The van der Waals surface area contributed by atoms with E-state index in [2.05, 4.69) is 74.6 Å². The summed E-state index contributed by atoms with van der Waals surface area (Å²) in [6.45, 7) is 4.65. The van der Waals surface area contributed by atoms with Gasteiger partial charge in [-0.3, -0.25) is 9.59 Å². The van der Waals surface area contributed by atoms with Crippen LogP contribution in [-0.2, 0) is 33.3 Å². The second-order valence-electron chi connectivity index (χ2n) is 24.8. The topological polar surface area (TPSA) is 111 Å². The van der Waals surface area contributed by atoms with Crippen molar-refractivity contribution in [2.24, 2.45) is 0 Å². The maximum atomic E-state index is 12.9. The Morgan fingerprint density at radius 3 is 1.04 bits per heavy atom. The quantitative estimate of drug-likeness (QED) is 0.0195. The number of unbranched alkanes of at least 4 members (excludes halogenated alkanes) is 40. The molecule has 0 saturated heterocycles. The molecule has 82 heavy (non-hydrogen) atoms. The van der Waals surface area contributed by atoms with E-state index in [1.807, 2.05) is 21.1 Å². The van der Waals surface area contributed by atoms with Crippen molar-refractivity contribution < 1.29 is 42.9 Å². The molecule has 0 aromatic rings. The highest BCUT2D eigenvalue weighted by molar-refractivity contribution is 5.70. The lowest BCUT2D eigenvalue weighted by molar-refractivity contribution is -0.870. The Bertz CT molecular complexity index is 1530. The Labute approximate surface area is 507 Å². The molecule has 0 aliphatic carbocycles. The molecule has 0 N–H and O–H groups in total. The summed E-state index contributed by atoms with van der Waals surface area (Å²) in [5.74, 6) is -2.30. The van der Waals surface area contributed by atoms with Crippen molar-refractivity contribution in [2.75, 3.05) is 47.5 Å². The lowest BCUT2D eigenvalue weighted by Gasteiger charge is -2.26. The average molecular weight is 1150 g/mol. The van der Waals surface area contributed by atoms with Crippen LogP contribution in [0.3, 0.4) is 0 Å². The minimum Gasteiger partial charge on any atom is -0.545 e. The molecule has 0 aliphatic rings. The summed E-state index contributed by atoms with van der Waals surface area (Å²) in [5.41, 5.74) is 0. The van der Waals surface area contributed by atoms with E-state index < -0.39 is 24.3 Å². The third-order valence-electron chi connectivity index (χ3n) is 15.5. The number of carbonyl (C=O) groups excluding carboxylic acids is 3. The summed E-state index contributed by atoms with van der Waals surface area (Å²) in [4.78, 5) is 37.4. The van der Waals surface area contributed by atoms with E-state index in [9.17, 15) is 19.5 Å². The first-order chi connectivity index (χ1) is 40.1. The molecule has 0 saturated carbocycles. The van der Waals surface area contributed by atoms with Crippen LogP contribution >= 0.6 is 0 Å². The molecule has 0 fully saturated rings. The second kappa shape index (κ2) is 64.0. The number of carboxylic acids is 1. The van der Waals surface area contributed by atoms with E-state index in [1.165, 1.54) is 212 Å². The van der Waals surface area contributed by atoms with Crippen LogP contribution in [0.25, 0.3) is 0 Å². The Morgan fingerprint density at radius 1 is 0.378 bits per heavy atom. The number of hydrogen-bond acceptors (Lipinski definition) is 8. The maximum absolute atomic E-state index is 12.9. The summed E-state index contributed by atoms with van der Waals surface area (Å²) >= 11 is 0. The number of esters is 2. The van der Waals surface area contributed by atoms with Gasteiger partial charge in [-0.05, 0) is 57.8 Å². The molecule has 0 spiro atoms. The maximum Gasteiger partial charge on any atom is 0.306 e. The third-order valence-corrected chi connectivity index (χ3v) is 15.5. The predicted molar refractivity (Wildman–Crippen MR) is 348 cm³/mol. The molecule has 0 heterocycles. The zero-order valence-corrected chi connectivity index (χ0v) is 54.6. The van der Waals surface area contributed by atoms with E-state index >= 15 is 0 Å². The molecule has 2 unspecified atom stereocenters. The Morgan fingerprint density at radius 2 is 0.695 bits per heavy atom. The number of quaternary nitrogens is 1. The summed E-state index contributed by atoms with van der Waals surface area (Å²) in [7, 11) is 5.92. The molecule has 9 nitrogen and oxygen atoms in total. The lowest BCUT2D eigenvalue weighted by atomic mass is 10.0. The van der Waals surface area contributed by atoms with Gasteiger partial charge in [0.1, 0.15) is 13.2 Å². The van der Waals surface area contributed by atoms with Crippen LogP contribution < -0.4 is 5.11 Å². The minimum atomic E-state index is -1.63. The zero-order valence-electron chi connectivity index (χ0n) is 54.6. The van der Waals surface area contributed by atoms with E-state index in [0.29, 0.717) is 17.4 Å². The fraction of sp³-hybridized carbons (Fsp3) is 0.822. The highest BCUT2D eigenvalue weighted by atomic mass is 16.7. The molecule has 478 valence electrons. The number of carbonyl (C=O) groups is 3. The van der Waals surface area contributed by atoms with Crippen molar-refractivity contribution in [3.8, 4) is 0 Å².